The Balaban J connectivity index is 2.10. The van der Waals surface area contributed by atoms with Gasteiger partial charge in [-0.25, -0.2) is 4.79 Å². The highest BCUT2D eigenvalue weighted by Crippen LogP contribution is 2.24. The molecule has 0 aliphatic carbocycles. The molecular formula is C15H11BrClNO3. The van der Waals surface area contributed by atoms with E-state index in [0.717, 1.165) is 5.56 Å². The topological polar surface area (TPSA) is 66.4 Å². The van der Waals surface area contributed by atoms with Gasteiger partial charge in [-0.05, 0) is 51.8 Å². The van der Waals surface area contributed by atoms with Crippen molar-refractivity contribution in [3.05, 3.63) is 63.1 Å². The van der Waals surface area contributed by atoms with Gasteiger partial charge in [0, 0.05) is 9.50 Å². The van der Waals surface area contributed by atoms with E-state index >= 15 is 0 Å². The Labute approximate surface area is 134 Å². The van der Waals surface area contributed by atoms with E-state index in [9.17, 15) is 9.59 Å². The van der Waals surface area contributed by atoms with E-state index in [4.69, 9.17) is 16.7 Å². The first-order valence-electron chi connectivity index (χ1n) is 6.03. The number of carboxylic acid groups (broad SMARTS) is 1. The Bertz CT molecular complexity index is 686. The Morgan fingerprint density at radius 1 is 1.14 bits per heavy atom. The van der Waals surface area contributed by atoms with Crippen LogP contribution in [0.4, 0.5) is 5.69 Å². The zero-order chi connectivity index (χ0) is 15.4. The van der Waals surface area contributed by atoms with E-state index in [1.807, 2.05) is 0 Å². The second-order valence-electron chi connectivity index (χ2n) is 4.35. The number of benzene rings is 2. The van der Waals surface area contributed by atoms with Gasteiger partial charge in [0.05, 0.1) is 17.7 Å². The summed E-state index contributed by atoms with van der Waals surface area (Å²) in [7, 11) is 0. The Hall–Kier alpha value is -1.85. The minimum absolute atomic E-state index is 0.111. The summed E-state index contributed by atoms with van der Waals surface area (Å²) in [6, 6.07) is 11.4. The quantitative estimate of drug-likeness (QED) is 0.858. The van der Waals surface area contributed by atoms with Crippen LogP contribution in [0.25, 0.3) is 0 Å². The van der Waals surface area contributed by atoms with Gasteiger partial charge in [0.25, 0.3) is 0 Å². The van der Waals surface area contributed by atoms with Crippen molar-refractivity contribution in [3.8, 4) is 0 Å². The molecule has 0 atom stereocenters. The van der Waals surface area contributed by atoms with Gasteiger partial charge in [0.15, 0.2) is 0 Å². The predicted molar refractivity (Wildman–Crippen MR) is 84.9 cm³/mol. The lowest BCUT2D eigenvalue weighted by molar-refractivity contribution is -0.115. The standard InChI is InChI=1S/C15H11BrClNO3/c16-12-6-3-10(15(20)21)8-13(12)18-14(19)7-9-1-4-11(17)5-2-9/h1-6,8H,7H2,(H,18,19)(H,20,21). The molecule has 0 fully saturated rings. The van der Waals surface area contributed by atoms with Crippen molar-refractivity contribution in [2.45, 2.75) is 6.42 Å². The lowest BCUT2D eigenvalue weighted by Crippen LogP contribution is -2.15. The monoisotopic (exact) mass is 367 g/mol. The van der Waals surface area contributed by atoms with E-state index in [0.29, 0.717) is 15.2 Å². The second kappa shape index (κ2) is 6.74. The van der Waals surface area contributed by atoms with Gasteiger partial charge in [-0.1, -0.05) is 23.7 Å². The normalized spacial score (nSPS) is 10.2. The van der Waals surface area contributed by atoms with Gasteiger partial charge in [-0.2, -0.15) is 0 Å². The van der Waals surface area contributed by atoms with E-state index in [1.165, 1.54) is 12.1 Å². The number of anilines is 1. The summed E-state index contributed by atoms with van der Waals surface area (Å²) >= 11 is 9.06. The molecule has 21 heavy (non-hydrogen) atoms. The number of hydrogen-bond acceptors (Lipinski definition) is 2. The highest BCUT2D eigenvalue weighted by Gasteiger charge is 2.10. The van der Waals surface area contributed by atoms with Gasteiger partial charge in [-0.15, -0.1) is 0 Å². The van der Waals surface area contributed by atoms with Crippen LogP contribution in [0.1, 0.15) is 15.9 Å². The Kier molecular flexibility index (Phi) is 4.98. The van der Waals surface area contributed by atoms with Gasteiger partial charge in [-0.3, -0.25) is 4.79 Å². The molecule has 108 valence electrons. The number of hydrogen-bond donors (Lipinski definition) is 2. The molecule has 0 bridgehead atoms. The molecule has 0 saturated carbocycles. The van der Waals surface area contributed by atoms with Crippen LogP contribution < -0.4 is 5.32 Å². The minimum atomic E-state index is -1.05. The summed E-state index contributed by atoms with van der Waals surface area (Å²) in [5.74, 6) is -1.28. The number of carbonyl (C=O) groups excluding carboxylic acids is 1. The fraction of sp³-hybridized carbons (Fsp3) is 0.0667. The number of halogens is 2. The number of rotatable bonds is 4. The van der Waals surface area contributed by atoms with Crippen molar-refractivity contribution in [1.29, 1.82) is 0 Å². The molecule has 2 N–H and O–H groups in total. The third-order valence-electron chi connectivity index (χ3n) is 2.77. The number of amides is 1. The van der Waals surface area contributed by atoms with Crippen molar-refractivity contribution in [2.24, 2.45) is 0 Å². The van der Waals surface area contributed by atoms with Gasteiger partial charge < -0.3 is 10.4 Å². The fourth-order valence-electron chi connectivity index (χ4n) is 1.74. The third kappa shape index (κ3) is 4.31. The maximum absolute atomic E-state index is 12.0. The maximum atomic E-state index is 12.0. The maximum Gasteiger partial charge on any atom is 0.335 e. The highest BCUT2D eigenvalue weighted by atomic mass is 79.9. The predicted octanol–water partition coefficient (Wildman–Crippen LogP) is 3.98. The van der Waals surface area contributed by atoms with Crippen LogP contribution in [0.15, 0.2) is 46.9 Å². The molecule has 0 spiro atoms. The zero-order valence-electron chi connectivity index (χ0n) is 10.8. The minimum Gasteiger partial charge on any atom is -0.478 e. The van der Waals surface area contributed by atoms with E-state index < -0.39 is 5.97 Å². The number of aromatic carboxylic acids is 1. The fourth-order valence-corrected chi connectivity index (χ4v) is 2.21. The summed E-state index contributed by atoms with van der Waals surface area (Å²) in [6.45, 7) is 0. The van der Waals surface area contributed by atoms with Crippen molar-refractivity contribution >= 4 is 45.1 Å². The SMILES string of the molecule is O=C(Cc1ccc(Cl)cc1)Nc1cc(C(=O)O)ccc1Br. The van der Waals surface area contributed by atoms with Gasteiger partial charge in [0.1, 0.15) is 0 Å². The van der Waals surface area contributed by atoms with Gasteiger partial charge >= 0.3 is 5.97 Å². The van der Waals surface area contributed by atoms with Crippen molar-refractivity contribution < 1.29 is 14.7 Å². The van der Waals surface area contributed by atoms with Crippen molar-refractivity contribution in [3.63, 3.8) is 0 Å². The van der Waals surface area contributed by atoms with E-state index in [2.05, 4.69) is 21.2 Å². The molecule has 2 rings (SSSR count). The Morgan fingerprint density at radius 2 is 1.81 bits per heavy atom. The summed E-state index contributed by atoms with van der Waals surface area (Å²) in [6.07, 6.45) is 0.181. The molecule has 1 amide bonds. The van der Waals surface area contributed by atoms with E-state index in [1.54, 1.807) is 30.3 Å². The van der Waals surface area contributed by atoms with Crippen LogP contribution in [-0.4, -0.2) is 17.0 Å². The van der Waals surface area contributed by atoms with Gasteiger partial charge in [0.2, 0.25) is 5.91 Å². The summed E-state index contributed by atoms with van der Waals surface area (Å²) in [5.41, 5.74) is 1.36. The molecule has 0 unspecified atom stereocenters. The molecule has 0 aliphatic heterocycles. The lowest BCUT2D eigenvalue weighted by Gasteiger charge is -2.08. The smallest absolute Gasteiger partial charge is 0.335 e. The second-order valence-corrected chi connectivity index (χ2v) is 5.64. The largest absolute Gasteiger partial charge is 0.478 e. The van der Waals surface area contributed by atoms with Crippen LogP contribution in [0, 0.1) is 0 Å². The van der Waals surface area contributed by atoms with Crippen LogP contribution in [0.2, 0.25) is 5.02 Å². The van der Waals surface area contributed by atoms with Crippen LogP contribution in [0.5, 0.6) is 0 Å². The first-order valence-corrected chi connectivity index (χ1v) is 7.20. The molecule has 0 aliphatic rings. The lowest BCUT2D eigenvalue weighted by atomic mass is 10.1. The molecule has 2 aromatic rings. The molecule has 0 aromatic heterocycles. The van der Waals surface area contributed by atoms with Crippen LogP contribution in [0.3, 0.4) is 0 Å². The average molecular weight is 369 g/mol. The highest BCUT2D eigenvalue weighted by molar-refractivity contribution is 9.10. The average Bonchev–Trinajstić information content (AvgIpc) is 2.43. The summed E-state index contributed by atoms with van der Waals surface area (Å²) < 4.78 is 0.622. The number of carboxylic acids is 1. The first-order chi connectivity index (χ1) is 9.95. The van der Waals surface area contributed by atoms with Crippen LogP contribution >= 0.6 is 27.5 Å². The molecule has 2 aromatic carbocycles. The summed E-state index contributed by atoms with van der Waals surface area (Å²) in [5, 5.41) is 12.2. The molecule has 6 heteroatoms. The molecule has 4 nitrogen and oxygen atoms in total. The number of nitrogens with one attached hydrogen (secondary N) is 1. The van der Waals surface area contributed by atoms with E-state index in [-0.39, 0.29) is 17.9 Å². The molecular weight excluding hydrogens is 358 g/mol. The van der Waals surface area contributed by atoms with Crippen molar-refractivity contribution in [2.75, 3.05) is 5.32 Å². The van der Waals surface area contributed by atoms with Crippen molar-refractivity contribution in [1.82, 2.24) is 0 Å². The Morgan fingerprint density at radius 3 is 2.43 bits per heavy atom. The molecule has 0 saturated heterocycles. The number of carbonyl (C=O) groups is 2. The molecule has 0 heterocycles. The van der Waals surface area contributed by atoms with Crippen LogP contribution in [-0.2, 0) is 11.2 Å². The molecule has 0 radical (unpaired) electrons. The zero-order valence-corrected chi connectivity index (χ0v) is 13.1. The summed E-state index contributed by atoms with van der Waals surface area (Å²) in [4.78, 5) is 22.9. The first kappa shape index (κ1) is 15.5. The third-order valence-corrected chi connectivity index (χ3v) is 3.71.